The standard InChI is InChI=1S/C23H28ClN5O4/c1-15(26-22(32)33-23(2,3)4)9-10-20(30)28-11-12-29-18(13-25-19(29)14-28)21(31)27-17-8-6-5-7-16(17)24/h5-10,13,15H,11-12,14H2,1-4H3,(H,26,32)(H,27,31)/b10-9+. The Morgan fingerprint density at radius 2 is 1.94 bits per heavy atom. The Balaban J connectivity index is 1.58. The van der Waals surface area contributed by atoms with Crippen molar-refractivity contribution in [2.24, 2.45) is 0 Å². The summed E-state index contributed by atoms with van der Waals surface area (Å²) in [6.45, 7) is 8.23. The lowest BCUT2D eigenvalue weighted by Crippen LogP contribution is -2.39. The zero-order valence-electron chi connectivity index (χ0n) is 19.1. The van der Waals surface area contributed by atoms with Crippen molar-refractivity contribution < 1.29 is 19.1 Å². The van der Waals surface area contributed by atoms with E-state index in [9.17, 15) is 14.4 Å². The minimum absolute atomic E-state index is 0.204. The molecule has 0 aliphatic carbocycles. The number of amides is 3. The summed E-state index contributed by atoms with van der Waals surface area (Å²) in [6, 6.07) is 6.61. The van der Waals surface area contributed by atoms with Crippen molar-refractivity contribution in [1.29, 1.82) is 0 Å². The van der Waals surface area contributed by atoms with Crippen LogP contribution in [0, 0.1) is 0 Å². The van der Waals surface area contributed by atoms with Crippen LogP contribution < -0.4 is 10.6 Å². The van der Waals surface area contributed by atoms with E-state index in [1.807, 2.05) is 0 Å². The van der Waals surface area contributed by atoms with Crippen LogP contribution in [0.15, 0.2) is 42.6 Å². The first kappa shape index (κ1) is 24.3. The number of ether oxygens (including phenoxy) is 1. The molecule has 1 aromatic heterocycles. The van der Waals surface area contributed by atoms with Crippen molar-refractivity contribution in [3.63, 3.8) is 0 Å². The summed E-state index contributed by atoms with van der Waals surface area (Å²) in [7, 11) is 0. The Morgan fingerprint density at radius 3 is 2.64 bits per heavy atom. The summed E-state index contributed by atoms with van der Waals surface area (Å²) in [5.41, 5.74) is 0.330. The van der Waals surface area contributed by atoms with E-state index in [0.717, 1.165) is 0 Å². The van der Waals surface area contributed by atoms with Gasteiger partial charge >= 0.3 is 6.09 Å². The van der Waals surface area contributed by atoms with E-state index >= 15 is 0 Å². The van der Waals surface area contributed by atoms with Gasteiger partial charge in [-0.2, -0.15) is 0 Å². The number of hydrogen-bond donors (Lipinski definition) is 2. The van der Waals surface area contributed by atoms with Gasteiger partial charge in [0.15, 0.2) is 0 Å². The van der Waals surface area contributed by atoms with Gasteiger partial charge in [0.05, 0.1) is 23.5 Å². The highest BCUT2D eigenvalue weighted by atomic mass is 35.5. The predicted molar refractivity (Wildman–Crippen MR) is 125 cm³/mol. The number of alkyl carbamates (subject to hydrolysis) is 1. The van der Waals surface area contributed by atoms with Crippen LogP contribution in [0.4, 0.5) is 10.5 Å². The number of carbonyl (C=O) groups excluding carboxylic acids is 3. The maximum Gasteiger partial charge on any atom is 0.408 e. The summed E-state index contributed by atoms with van der Waals surface area (Å²) in [6.07, 6.45) is 3.98. The summed E-state index contributed by atoms with van der Waals surface area (Å²) in [5.74, 6) is 0.0972. The molecule has 1 aromatic carbocycles. The second kappa shape index (κ2) is 10.1. The molecule has 3 amide bonds. The van der Waals surface area contributed by atoms with Gasteiger partial charge in [-0.15, -0.1) is 0 Å². The number of nitrogens with one attached hydrogen (secondary N) is 2. The number of benzene rings is 1. The molecule has 2 heterocycles. The Hall–Kier alpha value is -3.33. The van der Waals surface area contributed by atoms with Crippen LogP contribution in [0.25, 0.3) is 0 Å². The molecular formula is C23H28ClN5O4. The molecule has 3 rings (SSSR count). The minimum Gasteiger partial charge on any atom is -0.444 e. The quantitative estimate of drug-likeness (QED) is 0.645. The van der Waals surface area contributed by atoms with Crippen LogP contribution in [-0.2, 0) is 22.6 Å². The van der Waals surface area contributed by atoms with Crippen LogP contribution in [0.2, 0.25) is 5.02 Å². The number of halogens is 1. The molecule has 10 heteroatoms. The lowest BCUT2D eigenvalue weighted by Gasteiger charge is -2.27. The van der Waals surface area contributed by atoms with Crippen molar-refractivity contribution in [2.45, 2.75) is 52.4 Å². The second-order valence-corrected chi connectivity index (χ2v) is 9.11. The normalized spacial score (nSPS) is 14.5. The maximum atomic E-state index is 12.7. The van der Waals surface area contributed by atoms with Gasteiger partial charge in [0, 0.05) is 25.2 Å². The lowest BCUT2D eigenvalue weighted by molar-refractivity contribution is -0.127. The molecule has 9 nitrogen and oxygen atoms in total. The van der Waals surface area contributed by atoms with E-state index in [4.69, 9.17) is 16.3 Å². The molecule has 0 radical (unpaired) electrons. The van der Waals surface area contributed by atoms with Crippen molar-refractivity contribution in [1.82, 2.24) is 19.8 Å². The number of nitrogens with zero attached hydrogens (tertiary/aromatic N) is 3. The molecular weight excluding hydrogens is 446 g/mol. The monoisotopic (exact) mass is 473 g/mol. The zero-order chi connectivity index (χ0) is 24.2. The fraction of sp³-hybridized carbons (Fsp3) is 0.391. The van der Waals surface area contributed by atoms with Crippen LogP contribution >= 0.6 is 11.6 Å². The van der Waals surface area contributed by atoms with Crippen molar-refractivity contribution >= 4 is 35.2 Å². The average Bonchev–Trinajstić information content (AvgIpc) is 3.15. The van der Waals surface area contributed by atoms with Crippen molar-refractivity contribution in [3.8, 4) is 0 Å². The van der Waals surface area contributed by atoms with E-state index in [2.05, 4.69) is 15.6 Å². The topological polar surface area (TPSA) is 106 Å². The zero-order valence-corrected chi connectivity index (χ0v) is 19.8. The first-order valence-corrected chi connectivity index (χ1v) is 11.0. The number of aromatic nitrogens is 2. The smallest absolute Gasteiger partial charge is 0.408 e. The average molecular weight is 474 g/mol. The summed E-state index contributed by atoms with van der Waals surface area (Å²) in [4.78, 5) is 43.1. The number of fused-ring (bicyclic) bond motifs is 1. The highest BCUT2D eigenvalue weighted by Crippen LogP contribution is 2.22. The van der Waals surface area contributed by atoms with Gasteiger partial charge in [0.25, 0.3) is 5.91 Å². The Labute approximate surface area is 197 Å². The van der Waals surface area contributed by atoms with Crippen LogP contribution in [0.1, 0.15) is 44.0 Å². The van der Waals surface area contributed by atoms with Crippen molar-refractivity contribution in [2.75, 3.05) is 11.9 Å². The maximum absolute atomic E-state index is 12.7. The second-order valence-electron chi connectivity index (χ2n) is 8.70. The molecule has 0 spiro atoms. The molecule has 2 N–H and O–H groups in total. The van der Waals surface area contributed by atoms with Crippen LogP contribution in [-0.4, -0.2) is 50.5 Å². The third-order valence-electron chi connectivity index (χ3n) is 4.80. The van der Waals surface area contributed by atoms with Crippen molar-refractivity contribution in [3.05, 3.63) is 59.2 Å². The van der Waals surface area contributed by atoms with E-state index < -0.39 is 11.7 Å². The molecule has 1 unspecified atom stereocenters. The number of para-hydroxylation sites is 1. The Morgan fingerprint density at radius 1 is 1.21 bits per heavy atom. The van der Waals surface area contributed by atoms with Crippen LogP contribution in [0.5, 0.6) is 0 Å². The number of imidazole rings is 1. The van der Waals surface area contributed by atoms with Crippen LogP contribution in [0.3, 0.4) is 0 Å². The van der Waals surface area contributed by atoms with Gasteiger partial charge in [-0.1, -0.05) is 29.8 Å². The molecule has 1 aliphatic heterocycles. The SMILES string of the molecule is CC(/C=C/C(=O)N1CCn2c(C(=O)Nc3ccccc3Cl)cnc2C1)NC(=O)OC(C)(C)C. The molecule has 0 fully saturated rings. The van der Waals surface area contributed by atoms with Gasteiger partial charge in [0.1, 0.15) is 17.1 Å². The van der Waals surface area contributed by atoms with Gasteiger partial charge in [0.2, 0.25) is 5.91 Å². The third-order valence-corrected chi connectivity index (χ3v) is 5.13. The number of rotatable bonds is 5. The predicted octanol–water partition coefficient (Wildman–Crippen LogP) is 3.60. The first-order valence-electron chi connectivity index (χ1n) is 10.6. The van der Waals surface area contributed by atoms with E-state index in [1.165, 1.54) is 12.3 Å². The van der Waals surface area contributed by atoms with E-state index in [1.54, 1.807) is 67.5 Å². The highest BCUT2D eigenvalue weighted by Gasteiger charge is 2.25. The first-order chi connectivity index (χ1) is 15.5. The molecule has 33 heavy (non-hydrogen) atoms. The molecule has 1 atom stereocenters. The van der Waals surface area contributed by atoms with Gasteiger partial charge in [-0.3, -0.25) is 9.59 Å². The minimum atomic E-state index is -0.595. The molecule has 0 saturated carbocycles. The Kier molecular flexibility index (Phi) is 7.43. The van der Waals surface area contributed by atoms with Gasteiger partial charge < -0.3 is 24.8 Å². The largest absolute Gasteiger partial charge is 0.444 e. The summed E-state index contributed by atoms with van der Waals surface area (Å²) < 4.78 is 7.00. The molecule has 1 aliphatic rings. The fourth-order valence-electron chi connectivity index (χ4n) is 3.25. The van der Waals surface area contributed by atoms with Gasteiger partial charge in [-0.25, -0.2) is 9.78 Å². The third kappa shape index (κ3) is 6.58. The number of hydrogen-bond acceptors (Lipinski definition) is 5. The Bertz CT molecular complexity index is 1070. The molecule has 0 bridgehead atoms. The van der Waals surface area contributed by atoms with E-state index in [-0.39, 0.29) is 24.4 Å². The molecule has 176 valence electrons. The van der Waals surface area contributed by atoms with E-state index in [0.29, 0.717) is 35.3 Å². The fourth-order valence-corrected chi connectivity index (χ4v) is 3.44. The number of carbonyl (C=O) groups is 3. The molecule has 0 saturated heterocycles. The summed E-state index contributed by atoms with van der Waals surface area (Å²) >= 11 is 6.12. The molecule has 2 aromatic rings. The highest BCUT2D eigenvalue weighted by molar-refractivity contribution is 6.33. The number of anilines is 1. The van der Waals surface area contributed by atoms with Gasteiger partial charge in [-0.05, 0) is 39.8 Å². The lowest BCUT2D eigenvalue weighted by atomic mass is 10.2. The summed E-state index contributed by atoms with van der Waals surface area (Å²) in [5, 5.41) is 5.90.